The molecule has 0 amide bonds. The summed E-state index contributed by atoms with van der Waals surface area (Å²) in [6.07, 6.45) is 1.13. The third kappa shape index (κ3) is 3.72. The predicted octanol–water partition coefficient (Wildman–Crippen LogP) is 1.24. The summed E-state index contributed by atoms with van der Waals surface area (Å²) >= 11 is 0. The predicted molar refractivity (Wildman–Crippen MR) is 70.5 cm³/mol. The highest BCUT2D eigenvalue weighted by Crippen LogP contribution is 2.20. The number of hydrogen-bond donors (Lipinski definition) is 1. The van der Waals surface area contributed by atoms with Crippen LogP contribution in [0.3, 0.4) is 0 Å². The molecule has 1 saturated heterocycles. The minimum absolute atomic E-state index is 0.355. The molecule has 0 aromatic rings. The molecule has 0 spiro atoms. The molecule has 1 heterocycles. The number of likely N-dealkylation sites (N-methyl/N-ethyl adjacent to an activating group) is 1. The zero-order valence-electron chi connectivity index (χ0n) is 11.6. The van der Waals surface area contributed by atoms with E-state index in [-0.39, 0.29) is 0 Å². The Morgan fingerprint density at radius 3 is 2.38 bits per heavy atom. The SMILES string of the molecule is CC(C)C(N)CCN1CC(C)C(N(C)C)C1. The second-order valence-corrected chi connectivity index (χ2v) is 5.96. The second kappa shape index (κ2) is 5.99. The molecule has 0 radical (unpaired) electrons. The van der Waals surface area contributed by atoms with E-state index in [4.69, 9.17) is 5.73 Å². The Morgan fingerprint density at radius 1 is 1.31 bits per heavy atom. The maximum Gasteiger partial charge on any atom is 0.0254 e. The summed E-state index contributed by atoms with van der Waals surface area (Å²) in [5.74, 6) is 1.38. The first kappa shape index (κ1) is 13.9. The Hall–Kier alpha value is -0.120. The first-order valence-corrected chi connectivity index (χ1v) is 6.56. The molecule has 0 aliphatic carbocycles. The Balaban J connectivity index is 2.31. The van der Waals surface area contributed by atoms with Gasteiger partial charge in [-0.2, -0.15) is 0 Å². The van der Waals surface area contributed by atoms with Crippen molar-refractivity contribution in [2.75, 3.05) is 33.7 Å². The maximum atomic E-state index is 6.09. The Bertz CT molecular complexity index is 203. The lowest BCUT2D eigenvalue weighted by Crippen LogP contribution is -2.36. The van der Waals surface area contributed by atoms with E-state index in [1.807, 2.05) is 0 Å². The molecule has 3 heteroatoms. The molecule has 1 rings (SSSR count). The van der Waals surface area contributed by atoms with Gasteiger partial charge in [0, 0.05) is 25.2 Å². The van der Waals surface area contributed by atoms with Gasteiger partial charge in [0.15, 0.2) is 0 Å². The minimum Gasteiger partial charge on any atom is -0.327 e. The van der Waals surface area contributed by atoms with Gasteiger partial charge in [-0.3, -0.25) is 0 Å². The molecule has 0 aromatic heterocycles. The van der Waals surface area contributed by atoms with Gasteiger partial charge in [0.25, 0.3) is 0 Å². The van der Waals surface area contributed by atoms with Gasteiger partial charge in [0.1, 0.15) is 0 Å². The van der Waals surface area contributed by atoms with Gasteiger partial charge in [-0.1, -0.05) is 20.8 Å². The smallest absolute Gasteiger partial charge is 0.0254 e. The average molecular weight is 227 g/mol. The third-order valence-corrected chi connectivity index (χ3v) is 3.95. The van der Waals surface area contributed by atoms with E-state index < -0.39 is 0 Å². The van der Waals surface area contributed by atoms with E-state index in [2.05, 4.69) is 44.7 Å². The zero-order chi connectivity index (χ0) is 12.3. The summed E-state index contributed by atoms with van der Waals surface area (Å²) in [4.78, 5) is 4.92. The van der Waals surface area contributed by atoms with Crippen molar-refractivity contribution in [3.8, 4) is 0 Å². The lowest BCUT2D eigenvalue weighted by molar-refractivity contribution is 0.247. The van der Waals surface area contributed by atoms with Crippen LogP contribution in [0.2, 0.25) is 0 Å². The van der Waals surface area contributed by atoms with Crippen LogP contribution in [0.1, 0.15) is 27.2 Å². The van der Waals surface area contributed by atoms with E-state index in [1.165, 1.54) is 13.1 Å². The number of nitrogens with two attached hydrogens (primary N) is 1. The van der Waals surface area contributed by atoms with Crippen molar-refractivity contribution in [1.82, 2.24) is 9.80 Å². The highest BCUT2D eigenvalue weighted by molar-refractivity contribution is 4.86. The van der Waals surface area contributed by atoms with Crippen molar-refractivity contribution in [3.05, 3.63) is 0 Å². The van der Waals surface area contributed by atoms with Crippen molar-refractivity contribution in [1.29, 1.82) is 0 Å². The highest BCUT2D eigenvalue weighted by atomic mass is 15.2. The molecule has 16 heavy (non-hydrogen) atoms. The number of nitrogens with zero attached hydrogens (tertiary/aromatic N) is 2. The first-order chi connectivity index (χ1) is 7.41. The first-order valence-electron chi connectivity index (χ1n) is 6.56. The van der Waals surface area contributed by atoms with E-state index >= 15 is 0 Å². The van der Waals surface area contributed by atoms with Gasteiger partial charge in [0.2, 0.25) is 0 Å². The van der Waals surface area contributed by atoms with Gasteiger partial charge in [0.05, 0.1) is 0 Å². The summed E-state index contributed by atoms with van der Waals surface area (Å²) in [5, 5.41) is 0. The molecule has 96 valence electrons. The fourth-order valence-electron chi connectivity index (χ4n) is 2.57. The molecule has 3 nitrogen and oxygen atoms in total. The average Bonchev–Trinajstić information content (AvgIpc) is 2.56. The molecule has 1 fully saturated rings. The normalized spacial score (nSPS) is 29.2. The lowest BCUT2D eigenvalue weighted by atomic mass is 10.0. The molecular weight excluding hydrogens is 198 g/mol. The monoisotopic (exact) mass is 227 g/mol. The van der Waals surface area contributed by atoms with Crippen molar-refractivity contribution in [2.24, 2.45) is 17.6 Å². The molecule has 1 aliphatic heterocycles. The van der Waals surface area contributed by atoms with Crippen LogP contribution in [0.25, 0.3) is 0 Å². The van der Waals surface area contributed by atoms with Crippen LogP contribution >= 0.6 is 0 Å². The van der Waals surface area contributed by atoms with E-state index in [0.29, 0.717) is 12.0 Å². The van der Waals surface area contributed by atoms with Crippen LogP contribution in [-0.4, -0.2) is 55.6 Å². The molecule has 2 N–H and O–H groups in total. The molecule has 0 bridgehead atoms. The molecule has 0 saturated carbocycles. The van der Waals surface area contributed by atoms with Crippen molar-refractivity contribution in [3.63, 3.8) is 0 Å². The molecule has 3 unspecified atom stereocenters. The fourth-order valence-corrected chi connectivity index (χ4v) is 2.57. The number of likely N-dealkylation sites (tertiary alicyclic amines) is 1. The quantitative estimate of drug-likeness (QED) is 0.767. The number of rotatable bonds is 5. The highest BCUT2D eigenvalue weighted by Gasteiger charge is 2.30. The van der Waals surface area contributed by atoms with E-state index in [9.17, 15) is 0 Å². The summed E-state index contributed by atoms with van der Waals surface area (Å²) < 4.78 is 0. The van der Waals surface area contributed by atoms with Crippen LogP contribution in [0, 0.1) is 11.8 Å². The Kier molecular flexibility index (Phi) is 5.22. The maximum absolute atomic E-state index is 6.09. The van der Waals surface area contributed by atoms with Crippen molar-refractivity contribution >= 4 is 0 Å². The van der Waals surface area contributed by atoms with Gasteiger partial charge in [-0.25, -0.2) is 0 Å². The second-order valence-electron chi connectivity index (χ2n) is 5.96. The standard InChI is InChI=1S/C13H29N3/c1-10(2)12(14)6-7-16-8-11(3)13(9-16)15(4)5/h10-13H,6-9,14H2,1-5H3. The van der Waals surface area contributed by atoms with Crippen LogP contribution in [0.4, 0.5) is 0 Å². The minimum atomic E-state index is 0.355. The van der Waals surface area contributed by atoms with Crippen LogP contribution in [-0.2, 0) is 0 Å². The van der Waals surface area contributed by atoms with Crippen LogP contribution in [0.5, 0.6) is 0 Å². The van der Waals surface area contributed by atoms with Gasteiger partial charge in [-0.05, 0) is 38.9 Å². The largest absolute Gasteiger partial charge is 0.327 e. The topological polar surface area (TPSA) is 32.5 Å². The molecular formula is C13H29N3. The Labute approximate surface area is 101 Å². The van der Waals surface area contributed by atoms with Crippen molar-refractivity contribution < 1.29 is 0 Å². The van der Waals surface area contributed by atoms with E-state index in [0.717, 1.165) is 24.9 Å². The summed E-state index contributed by atoms with van der Waals surface area (Å²) in [6.45, 7) is 10.4. The third-order valence-electron chi connectivity index (χ3n) is 3.95. The Morgan fingerprint density at radius 2 is 1.94 bits per heavy atom. The summed E-state index contributed by atoms with van der Waals surface area (Å²) in [6, 6.07) is 1.07. The van der Waals surface area contributed by atoms with Gasteiger partial charge < -0.3 is 15.5 Å². The van der Waals surface area contributed by atoms with E-state index in [1.54, 1.807) is 0 Å². The van der Waals surface area contributed by atoms with Crippen molar-refractivity contribution in [2.45, 2.75) is 39.3 Å². The van der Waals surface area contributed by atoms with Crippen LogP contribution in [0.15, 0.2) is 0 Å². The number of hydrogen-bond acceptors (Lipinski definition) is 3. The zero-order valence-corrected chi connectivity index (χ0v) is 11.6. The molecule has 3 atom stereocenters. The fraction of sp³-hybridized carbons (Fsp3) is 1.00. The summed E-state index contributed by atoms with van der Waals surface area (Å²) in [5.41, 5.74) is 6.09. The van der Waals surface area contributed by atoms with Crippen LogP contribution < -0.4 is 5.73 Å². The lowest BCUT2D eigenvalue weighted by Gasteiger charge is -2.23. The van der Waals surface area contributed by atoms with Gasteiger partial charge >= 0.3 is 0 Å². The summed E-state index contributed by atoms with van der Waals surface area (Å²) in [7, 11) is 4.37. The van der Waals surface area contributed by atoms with Gasteiger partial charge in [-0.15, -0.1) is 0 Å². The molecule has 1 aliphatic rings. The molecule has 0 aromatic carbocycles.